The third-order valence-corrected chi connectivity index (χ3v) is 12.0. The largest absolute Gasteiger partial charge is 0.508 e. The maximum absolute atomic E-state index is 17.0. The number of hydrogen-bond acceptors (Lipinski definition) is 10. The molecule has 0 aliphatic carbocycles. The number of carbonyl (C=O) groups excluding carboxylic acids is 1. The summed E-state index contributed by atoms with van der Waals surface area (Å²) in [6.45, 7) is 8.23. The first-order chi connectivity index (χ1) is 25.5. The summed E-state index contributed by atoms with van der Waals surface area (Å²) in [7, 11) is 0. The molecule has 2 aromatic heterocycles. The number of aryl methyl sites for hydroxylation is 1. The molecule has 0 spiro atoms. The fourth-order valence-corrected chi connectivity index (χ4v) is 9.28. The smallest absolute Gasteiger partial charge is 0.411 e. The lowest BCUT2D eigenvalue weighted by Gasteiger charge is -2.38. The van der Waals surface area contributed by atoms with Crippen LogP contribution in [0.15, 0.2) is 30.5 Å². The van der Waals surface area contributed by atoms with E-state index in [9.17, 15) is 15.0 Å². The monoisotopic (exact) mass is 730 g/mol. The van der Waals surface area contributed by atoms with Crippen molar-refractivity contribution < 1.29 is 33.3 Å². The molecule has 11 nitrogen and oxygen atoms in total. The molecular weight excluding hydrogens is 682 g/mol. The van der Waals surface area contributed by atoms with Gasteiger partial charge in [-0.15, -0.1) is 0 Å². The molecule has 4 aromatic rings. The molecule has 2 aromatic carbocycles. The Morgan fingerprint density at radius 1 is 1.04 bits per heavy atom. The number of anilines is 1. The van der Waals surface area contributed by atoms with E-state index in [4.69, 9.17) is 14.5 Å². The quantitative estimate of drug-likeness (QED) is 0.204. The van der Waals surface area contributed by atoms with Crippen LogP contribution in [0.2, 0.25) is 0 Å². The Morgan fingerprint density at radius 3 is 2.66 bits per heavy atom. The Hall–Kier alpha value is -4.36. The number of amides is 1. The summed E-state index contributed by atoms with van der Waals surface area (Å²) in [6, 6.07) is 5.99. The number of rotatable bonds is 7. The minimum atomic E-state index is -0.977. The normalized spacial score (nSPS) is 26.4. The number of fused-ring (bicyclic) bond motifs is 3. The Kier molecular flexibility index (Phi) is 9.29. The first-order valence-corrected chi connectivity index (χ1v) is 19.1. The summed E-state index contributed by atoms with van der Waals surface area (Å²) in [5, 5.41) is 23.1. The predicted octanol–water partition coefficient (Wildman–Crippen LogP) is 7.09. The zero-order valence-electron chi connectivity index (χ0n) is 30.7. The minimum absolute atomic E-state index is 0.0152. The van der Waals surface area contributed by atoms with Gasteiger partial charge < -0.3 is 29.5 Å². The molecule has 8 rings (SSSR count). The fourth-order valence-electron chi connectivity index (χ4n) is 9.28. The highest BCUT2D eigenvalue weighted by molar-refractivity contribution is 6.01. The SMILES string of the molecule is CCc1c(F)ccc2cc(O)cc(-c3ncc4c(N5CCC[C@@](C)(O)C5)nc(OC[C@@]56CCCN5[C@@H](OC(=O)N5CCCCC5C)CC6)nc4c3F)c12. The van der Waals surface area contributed by atoms with Gasteiger partial charge in [-0.3, -0.25) is 9.88 Å². The van der Waals surface area contributed by atoms with Crippen molar-refractivity contribution in [2.45, 2.75) is 108 Å². The van der Waals surface area contributed by atoms with Gasteiger partial charge in [0.15, 0.2) is 12.0 Å². The molecule has 53 heavy (non-hydrogen) atoms. The van der Waals surface area contributed by atoms with Crippen molar-refractivity contribution in [3.8, 4) is 23.0 Å². The summed E-state index contributed by atoms with van der Waals surface area (Å²) in [5.74, 6) is -0.871. The predicted molar refractivity (Wildman–Crippen MR) is 197 cm³/mol. The van der Waals surface area contributed by atoms with Crippen LogP contribution >= 0.6 is 0 Å². The number of aliphatic hydroxyl groups is 1. The second-order valence-electron chi connectivity index (χ2n) is 15.7. The van der Waals surface area contributed by atoms with Crippen molar-refractivity contribution in [2.24, 2.45) is 0 Å². The Balaban J connectivity index is 1.15. The van der Waals surface area contributed by atoms with Crippen molar-refractivity contribution in [2.75, 3.05) is 37.7 Å². The van der Waals surface area contributed by atoms with E-state index < -0.39 is 22.8 Å². The van der Waals surface area contributed by atoms with Gasteiger partial charge in [-0.2, -0.15) is 9.97 Å². The molecule has 282 valence electrons. The summed E-state index contributed by atoms with van der Waals surface area (Å²) >= 11 is 0. The fraction of sp³-hybridized carbons (Fsp3) is 0.550. The van der Waals surface area contributed by atoms with E-state index in [1.54, 1.807) is 13.0 Å². The van der Waals surface area contributed by atoms with Crippen LogP contribution in [-0.4, -0.2) is 97.3 Å². The van der Waals surface area contributed by atoms with E-state index in [1.807, 2.05) is 16.7 Å². The number of phenolic OH excluding ortho intramolecular Hbond substituents is 1. The Labute approximate surface area is 307 Å². The van der Waals surface area contributed by atoms with E-state index in [0.29, 0.717) is 66.3 Å². The standard InChI is InChI=1S/C40H48F2N6O5/c1-4-27-30(41)11-10-25-19-26(49)20-28(32(25)27)34-33(42)35-29(21-43-34)36(46-16-7-13-39(3,51)22-46)45-37(44-35)52-23-40-14-8-18-48(40)31(12-15-40)53-38(50)47-17-6-5-9-24(47)2/h10-11,19-21,24,31,49,51H,4-9,12-18,22-23H2,1-3H3/t24?,31-,39+,40-/m0/s1. The first-order valence-electron chi connectivity index (χ1n) is 19.1. The number of piperidine rings is 2. The number of likely N-dealkylation sites (tertiary alicyclic amines) is 1. The van der Waals surface area contributed by atoms with E-state index in [2.05, 4.69) is 21.8 Å². The molecule has 0 bridgehead atoms. The third-order valence-electron chi connectivity index (χ3n) is 12.0. The highest BCUT2D eigenvalue weighted by atomic mass is 19.1. The molecule has 1 unspecified atom stereocenters. The average Bonchev–Trinajstić information content (AvgIpc) is 3.70. The van der Waals surface area contributed by atoms with Crippen LogP contribution in [0.3, 0.4) is 0 Å². The lowest BCUT2D eigenvalue weighted by molar-refractivity contribution is -0.0407. The second-order valence-corrected chi connectivity index (χ2v) is 15.7. The summed E-state index contributed by atoms with van der Waals surface area (Å²) < 4.78 is 44.6. The molecule has 0 radical (unpaired) electrons. The van der Waals surface area contributed by atoms with Crippen molar-refractivity contribution >= 4 is 33.6 Å². The number of hydrogen-bond donors (Lipinski definition) is 2. The zero-order chi connectivity index (χ0) is 37.1. The molecule has 4 fully saturated rings. The van der Waals surface area contributed by atoms with Gasteiger partial charge in [-0.05, 0) is 106 Å². The highest BCUT2D eigenvalue weighted by Gasteiger charge is 2.52. The van der Waals surface area contributed by atoms with Crippen molar-refractivity contribution in [1.82, 2.24) is 24.8 Å². The van der Waals surface area contributed by atoms with Gasteiger partial charge in [0.25, 0.3) is 0 Å². The van der Waals surface area contributed by atoms with Gasteiger partial charge in [-0.1, -0.05) is 13.0 Å². The van der Waals surface area contributed by atoms with Crippen LogP contribution in [0.5, 0.6) is 11.8 Å². The first kappa shape index (κ1) is 35.7. The molecule has 2 N–H and O–H groups in total. The van der Waals surface area contributed by atoms with Crippen molar-refractivity contribution in [3.63, 3.8) is 0 Å². The molecule has 4 aliphatic rings. The molecule has 4 aliphatic heterocycles. The average molecular weight is 731 g/mol. The van der Waals surface area contributed by atoms with Crippen LogP contribution in [0.1, 0.15) is 84.1 Å². The van der Waals surface area contributed by atoms with Gasteiger partial charge in [0.2, 0.25) is 0 Å². The molecule has 4 atom stereocenters. The van der Waals surface area contributed by atoms with E-state index in [-0.39, 0.29) is 60.0 Å². The van der Waals surface area contributed by atoms with Gasteiger partial charge in [0.05, 0.1) is 16.5 Å². The second kappa shape index (κ2) is 13.8. The van der Waals surface area contributed by atoms with Gasteiger partial charge >= 0.3 is 12.1 Å². The zero-order valence-corrected chi connectivity index (χ0v) is 30.7. The molecule has 6 heterocycles. The molecule has 1 amide bonds. The topological polar surface area (TPSA) is 124 Å². The highest BCUT2D eigenvalue weighted by Crippen LogP contribution is 2.44. The van der Waals surface area contributed by atoms with Crippen LogP contribution in [0.4, 0.5) is 19.4 Å². The third kappa shape index (κ3) is 6.49. The number of pyridine rings is 1. The summed E-state index contributed by atoms with van der Waals surface area (Å²) in [5.41, 5.74) is -0.826. The Bertz CT molecular complexity index is 2060. The summed E-state index contributed by atoms with van der Waals surface area (Å²) in [6.07, 6.45) is 8.86. The number of β-amino-alcohol motifs (C(OH)–C–C–N with tert-alkyl or cyclic N) is 1. The molecule has 13 heteroatoms. The number of aromatic nitrogens is 3. The number of halogens is 2. The number of ether oxygens (including phenoxy) is 2. The van der Waals surface area contributed by atoms with Crippen LogP contribution in [0, 0.1) is 11.6 Å². The Morgan fingerprint density at radius 2 is 1.87 bits per heavy atom. The van der Waals surface area contributed by atoms with Gasteiger partial charge in [-0.25, -0.2) is 13.6 Å². The lowest BCUT2D eigenvalue weighted by atomic mass is 9.94. The lowest BCUT2D eigenvalue weighted by Crippen LogP contribution is -2.50. The number of nitrogens with zero attached hydrogens (tertiary/aromatic N) is 6. The van der Waals surface area contributed by atoms with Crippen LogP contribution in [0.25, 0.3) is 32.9 Å². The van der Waals surface area contributed by atoms with Crippen molar-refractivity contribution in [3.05, 3.63) is 47.7 Å². The van der Waals surface area contributed by atoms with E-state index in [1.165, 1.54) is 24.4 Å². The molecule has 0 saturated carbocycles. The van der Waals surface area contributed by atoms with Gasteiger partial charge in [0.1, 0.15) is 35.2 Å². The van der Waals surface area contributed by atoms with Crippen LogP contribution < -0.4 is 9.64 Å². The van der Waals surface area contributed by atoms with E-state index >= 15 is 8.78 Å². The maximum Gasteiger partial charge on any atom is 0.411 e. The van der Waals surface area contributed by atoms with E-state index in [0.717, 1.165) is 45.1 Å². The van der Waals surface area contributed by atoms with Crippen molar-refractivity contribution in [1.29, 1.82) is 0 Å². The number of aromatic hydroxyl groups is 1. The minimum Gasteiger partial charge on any atom is -0.508 e. The molecular formula is C40H48F2N6O5. The number of benzene rings is 2. The molecule has 4 saturated heterocycles. The number of carbonyl (C=O) groups is 1. The maximum atomic E-state index is 17.0. The van der Waals surface area contributed by atoms with Crippen LogP contribution in [-0.2, 0) is 11.2 Å². The summed E-state index contributed by atoms with van der Waals surface area (Å²) in [4.78, 5) is 33.2. The number of phenols is 1. The van der Waals surface area contributed by atoms with Gasteiger partial charge in [0, 0.05) is 50.4 Å².